The first-order valence-corrected chi connectivity index (χ1v) is 3.80. The molecule has 1 aromatic heterocycles. The lowest BCUT2D eigenvalue weighted by Gasteiger charge is -1.89. The van der Waals surface area contributed by atoms with E-state index in [1.54, 1.807) is 6.07 Å². The van der Waals surface area contributed by atoms with Crippen LogP contribution in [-0.2, 0) is 9.53 Å². The third-order valence-corrected chi connectivity index (χ3v) is 1.41. The fourth-order valence-corrected chi connectivity index (χ4v) is 0.828. The van der Waals surface area contributed by atoms with Crippen LogP contribution >= 0.6 is 11.6 Å². The van der Waals surface area contributed by atoms with Crippen LogP contribution in [0.15, 0.2) is 18.5 Å². The molecule has 0 aliphatic carbocycles. The van der Waals surface area contributed by atoms with Gasteiger partial charge in [-0.15, -0.1) is 0 Å². The highest BCUT2D eigenvalue weighted by atomic mass is 35.5. The Balaban J connectivity index is 2.83. The molecule has 0 saturated heterocycles. The lowest BCUT2D eigenvalue weighted by molar-refractivity contribution is -0.133. The van der Waals surface area contributed by atoms with Crippen LogP contribution in [-0.4, -0.2) is 18.1 Å². The zero-order chi connectivity index (χ0) is 9.68. The Hall–Kier alpha value is -1.53. The second-order valence-electron chi connectivity index (χ2n) is 2.13. The summed E-state index contributed by atoms with van der Waals surface area (Å²) in [5.74, 6) is 4.25. The summed E-state index contributed by atoms with van der Waals surface area (Å²) >= 11 is 5.65. The molecule has 0 spiro atoms. The minimum atomic E-state index is -0.583. The van der Waals surface area contributed by atoms with Crippen LogP contribution < -0.4 is 0 Å². The molecule has 4 heteroatoms. The van der Waals surface area contributed by atoms with E-state index in [9.17, 15) is 4.79 Å². The maximum absolute atomic E-state index is 10.6. The number of carbonyl (C=O) groups is 1. The molecule has 0 aliphatic heterocycles. The Morgan fingerprint density at radius 1 is 1.62 bits per heavy atom. The molecule has 0 bridgehead atoms. The van der Waals surface area contributed by atoms with Crippen LogP contribution in [0.25, 0.3) is 0 Å². The first kappa shape index (κ1) is 9.56. The molecule has 66 valence electrons. The summed E-state index contributed by atoms with van der Waals surface area (Å²) in [5, 5.41) is 0.483. The molecule has 0 atom stereocenters. The highest BCUT2D eigenvalue weighted by Crippen LogP contribution is 2.06. The van der Waals surface area contributed by atoms with E-state index in [4.69, 9.17) is 11.6 Å². The third kappa shape index (κ3) is 3.14. The van der Waals surface area contributed by atoms with E-state index in [-0.39, 0.29) is 0 Å². The highest BCUT2D eigenvalue weighted by molar-refractivity contribution is 6.30. The number of esters is 1. The summed E-state index contributed by atoms with van der Waals surface area (Å²) in [5.41, 5.74) is 0.581. The first-order chi connectivity index (χ1) is 6.22. The molecule has 0 radical (unpaired) electrons. The number of rotatable bonds is 0. The number of pyridine rings is 1. The number of hydrogen-bond acceptors (Lipinski definition) is 3. The van der Waals surface area contributed by atoms with E-state index in [2.05, 4.69) is 21.6 Å². The van der Waals surface area contributed by atoms with Gasteiger partial charge in [-0.25, -0.2) is 4.79 Å². The lowest BCUT2D eigenvalue weighted by Crippen LogP contribution is -1.94. The largest absolute Gasteiger partial charge is 0.459 e. The lowest BCUT2D eigenvalue weighted by atomic mass is 10.3. The van der Waals surface area contributed by atoms with Crippen molar-refractivity contribution in [1.82, 2.24) is 4.98 Å². The van der Waals surface area contributed by atoms with Gasteiger partial charge in [0.2, 0.25) is 0 Å². The SMILES string of the molecule is COC(=O)C#Cc1cncc(Cl)c1. The number of ether oxygens (including phenoxy) is 1. The smallest absolute Gasteiger partial charge is 0.384 e. The maximum Gasteiger partial charge on any atom is 0.384 e. The number of aromatic nitrogens is 1. The molecule has 3 nitrogen and oxygen atoms in total. The summed E-state index contributed by atoms with van der Waals surface area (Å²) < 4.78 is 4.34. The molecule has 13 heavy (non-hydrogen) atoms. The van der Waals surface area contributed by atoms with Gasteiger partial charge in [0.15, 0.2) is 0 Å². The van der Waals surface area contributed by atoms with Crippen molar-refractivity contribution in [1.29, 1.82) is 0 Å². The van der Waals surface area contributed by atoms with E-state index in [1.807, 2.05) is 0 Å². The zero-order valence-electron chi connectivity index (χ0n) is 6.87. The van der Waals surface area contributed by atoms with E-state index < -0.39 is 5.97 Å². The quantitative estimate of drug-likeness (QED) is 0.462. The second kappa shape index (κ2) is 4.48. The van der Waals surface area contributed by atoms with E-state index in [1.165, 1.54) is 19.5 Å². The Kier molecular flexibility index (Phi) is 3.30. The average Bonchev–Trinajstić information content (AvgIpc) is 2.14. The number of methoxy groups -OCH3 is 1. The van der Waals surface area contributed by atoms with Crippen molar-refractivity contribution in [3.63, 3.8) is 0 Å². The van der Waals surface area contributed by atoms with Gasteiger partial charge in [-0.1, -0.05) is 17.5 Å². The minimum Gasteiger partial charge on any atom is -0.459 e. The van der Waals surface area contributed by atoms with Crippen molar-refractivity contribution < 1.29 is 9.53 Å². The van der Waals surface area contributed by atoms with Gasteiger partial charge in [-0.2, -0.15) is 0 Å². The Morgan fingerprint density at radius 3 is 3.00 bits per heavy atom. The Bertz CT molecular complexity index is 379. The Morgan fingerprint density at radius 2 is 2.38 bits per heavy atom. The monoisotopic (exact) mass is 195 g/mol. The van der Waals surface area contributed by atoms with Gasteiger partial charge in [-0.05, 0) is 6.07 Å². The van der Waals surface area contributed by atoms with Crippen molar-refractivity contribution in [3.05, 3.63) is 29.0 Å². The van der Waals surface area contributed by atoms with Gasteiger partial charge >= 0.3 is 5.97 Å². The molecule has 0 amide bonds. The summed E-state index contributed by atoms with van der Waals surface area (Å²) in [6, 6.07) is 1.62. The molecule has 1 heterocycles. The van der Waals surface area contributed by atoms with Gasteiger partial charge in [0, 0.05) is 23.9 Å². The summed E-state index contributed by atoms with van der Waals surface area (Å²) in [6.07, 6.45) is 3.01. The minimum absolute atomic E-state index is 0.483. The molecule has 1 rings (SSSR count). The number of halogens is 1. The van der Waals surface area contributed by atoms with Crippen LogP contribution in [0.2, 0.25) is 5.02 Å². The fourth-order valence-electron chi connectivity index (χ4n) is 0.654. The van der Waals surface area contributed by atoms with E-state index in [0.717, 1.165) is 0 Å². The molecule has 0 aliphatic rings. The van der Waals surface area contributed by atoms with Gasteiger partial charge in [0.1, 0.15) is 0 Å². The summed E-state index contributed by atoms with van der Waals surface area (Å²) in [6.45, 7) is 0. The number of carbonyl (C=O) groups excluding carboxylic acids is 1. The molecule has 0 unspecified atom stereocenters. The van der Waals surface area contributed by atoms with Crippen molar-refractivity contribution in [2.45, 2.75) is 0 Å². The van der Waals surface area contributed by atoms with Crippen LogP contribution in [0.4, 0.5) is 0 Å². The first-order valence-electron chi connectivity index (χ1n) is 3.43. The molecule has 1 aromatic rings. The van der Waals surface area contributed by atoms with E-state index in [0.29, 0.717) is 10.6 Å². The Labute approximate surface area is 80.7 Å². The van der Waals surface area contributed by atoms with Gasteiger partial charge in [0.05, 0.1) is 12.1 Å². The van der Waals surface area contributed by atoms with Gasteiger partial charge in [0.25, 0.3) is 0 Å². The van der Waals surface area contributed by atoms with Gasteiger partial charge in [-0.3, -0.25) is 4.98 Å². The van der Waals surface area contributed by atoms with Crippen LogP contribution in [0, 0.1) is 11.8 Å². The predicted octanol–water partition coefficient (Wildman–Crippen LogP) is 1.26. The van der Waals surface area contributed by atoms with Crippen molar-refractivity contribution >= 4 is 17.6 Å². The number of hydrogen-bond donors (Lipinski definition) is 0. The standard InChI is InChI=1S/C9H6ClNO2/c1-13-9(12)3-2-7-4-8(10)6-11-5-7/h4-6H,1H3. The molecule has 0 aromatic carbocycles. The second-order valence-corrected chi connectivity index (χ2v) is 2.57. The molecule has 0 saturated carbocycles. The topological polar surface area (TPSA) is 39.2 Å². The molecular formula is C9H6ClNO2. The highest BCUT2D eigenvalue weighted by Gasteiger charge is 1.92. The molecule has 0 N–H and O–H groups in total. The normalized spacial score (nSPS) is 8.46. The zero-order valence-corrected chi connectivity index (χ0v) is 7.63. The fraction of sp³-hybridized carbons (Fsp3) is 0.111. The van der Waals surface area contributed by atoms with Crippen LogP contribution in [0.3, 0.4) is 0 Å². The predicted molar refractivity (Wildman–Crippen MR) is 48.1 cm³/mol. The summed E-state index contributed by atoms with van der Waals surface area (Å²) in [7, 11) is 1.27. The van der Waals surface area contributed by atoms with Crippen LogP contribution in [0.5, 0.6) is 0 Å². The summed E-state index contributed by atoms with van der Waals surface area (Å²) in [4.78, 5) is 14.4. The van der Waals surface area contributed by atoms with Crippen LogP contribution in [0.1, 0.15) is 5.56 Å². The van der Waals surface area contributed by atoms with Gasteiger partial charge < -0.3 is 4.74 Å². The average molecular weight is 196 g/mol. The third-order valence-electron chi connectivity index (χ3n) is 1.20. The van der Waals surface area contributed by atoms with Crippen molar-refractivity contribution in [2.24, 2.45) is 0 Å². The van der Waals surface area contributed by atoms with Crippen molar-refractivity contribution in [2.75, 3.05) is 7.11 Å². The molecule has 0 fully saturated rings. The van der Waals surface area contributed by atoms with E-state index >= 15 is 0 Å². The maximum atomic E-state index is 10.6. The molecular weight excluding hydrogens is 190 g/mol. The number of nitrogens with zero attached hydrogens (tertiary/aromatic N) is 1. The van der Waals surface area contributed by atoms with Crippen molar-refractivity contribution in [3.8, 4) is 11.8 Å².